The highest BCUT2D eigenvalue weighted by atomic mass is 79.9. The molecule has 0 radical (unpaired) electrons. The van der Waals surface area contributed by atoms with E-state index in [9.17, 15) is 0 Å². The van der Waals surface area contributed by atoms with Crippen molar-refractivity contribution < 1.29 is 0 Å². The van der Waals surface area contributed by atoms with Crippen molar-refractivity contribution in [2.24, 2.45) is 0 Å². The van der Waals surface area contributed by atoms with Gasteiger partial charge >= 0.3 is 0 Å². The van der Waals surface area contributed by atoms with E-state index in [2.05, 4.69) is 144 Å². The van der Waals surface area contributed by atoms with Gasteiger partial charge in [0.2, 0.25) is 0 Å². The Morgan fingerprint density at radius 2 is 0.942 bits per heavy atom. The molecule has 3 aromatic heterocycles. The summed E-state index contributed by atoms with van der Waals surface area (Å²) in [5.74, 6) is 1.88. The fraction of sp³-hybridized carbons (Fsp3) is 0. The lowest BCUT2D eigenvalue weighted by Gasteiger charge is -2.15. The number of halogens is 2. The number of hydrogen-bond donors (Lipinski definition) is 0. The number of aromatic nitrogens is 5. The average molecular weight is 798 g/mol. The maximum Gasteiger partial charge on any atom is 0.166 e. The molecule has 0 saturated heterocycles. The number of rotatable bonds is 5. The molecule has 0 bridgehead atoms. The Balaban J connectivity index is 1.30. The van der Waals surface area contributed by atoms with E-state index in [1.165, 1.54) is 21.5 Å². The minimum absolute atomic E-state index is 0.614. The van der Waals surface area contributed by atoms with E-state index in [1.54, 1.807) is 0 Å². The van der Waals surface area contributed by atoms with E-state index in [-0.39, 0.29) is 0 Å². The van der Waals surface area contributed by atoms with Gasteiger partial charge in [-0.15, -0.1) is 0 Å². The van der Waals surface area contributed by atoms with Crippen molar-refractivity contribution in [1.29, 1.82) is 0 Å². The molecule has 0 atom stereocenters. The third-order valence-electron chi connectivity index (χ3n) is 9.66. The summed E-state index contributed by atoms with van der Waals surface area (Å²) in [4.78, 5) is 15.2. The van der Waals surface area contributed by atoms with Gasteiger partial charge in [-0.3, -0.25) is 0 Å². The van der Waals surface area contributed by atoms with Crippen LogP contribution in [0.25, 0.3) is 89.2 Å². The molecule has 0 fully saturated rings. The number of fused-ring (bicyclic) bond motifs is 7. The van der Waals surface area contributed by atoms with Crippen LogP contribution in [0.3, 0.4) is 0 Å². The number of hydrogen-bond acceptors (Lipinski definition) is 3. The smallest absolute Gasteiger partial charge is 0.166 e. The zero-order valence-electron chi connectivity index (χ0n) is 27.6. The van der Waals surface area contributed by atoms with Crippen molar-refractivity contribution in [1.82, 2.24) is 24.1 Å². The van der Waals surface area contributed by atoms with E-state index >= 15 is 0 Å². The third-order valence-corrected chi connectivity index (χ3v) is 10.6. The molecule has 246 valence electrons. The molecule has 7 heteroatoms. The summed E-state index contributed by atoms with van der Waals surface area (Å²) >= 11 is 7.51. The quantitative estimate of drug-likeness (QED) is 0.174. The molecule has 5 nitrogen and oxygen atoms in total. The van der Waals surface area contributed by atoms with Crippen molar-refractivity contribution in [3.8, 4) is 45.5 Å². The Morgan fingerprint density at radius 1 is 0.404 bits per heavy atom. The van der Waals surface area contributed by atoms with Gasteiger partial charge in [-0.05, 0) is 48.5 Å². The Labute approximate surface area is 316 Å². The van der Waals surface area contributed by atoms with Crippen LogP contribution in [0.2, 0.25) is 0 Å². The van der Waals surface area contributed by atoms with Gasteiger partial charge in [-0.25, -0.2) is 15.0 Å². The standard InChI is InChI=1S/C45H27Br2N5/c46-30-25-31(47)27-32(26-30)51-37-20-10-7-17-33(37)34-23-24-40-41(42(34)51)35-18-8-11-21-38(35)52(40)39-22-12-9-19-36(39)45-49-43(28-13-3-1-4-14-28)48-44(50-45)29-15-5-2-6-16-29/h1-27H. The van der Waals surface area contributed by atoms with E-state index < -0.39 is 0 Å². The molecule has 0 saturated carbocycles. The third kappa shape index (κ3) is 4.99. The van der Waals surface area contributed by atoms with Gasteiger partial charge in [0.25, 0.3) is 0 Å². The Hall–Kier alpha value is -5.89. The van der Waals surface area contributed by atoms with Crippen LogP contribution in [-0.4, -0.2) is 24.1 Å². The van der Waals surface area contributed by atoms with Crippen molar-refractivity contribution >= 4 is 75.5 Å². The van der Waals surface area contributed by atoms with Crippen LogP contribution in [0.1, 0.15) is 0 Å². The highest BCUT2D eigenvalue weighted by Crippen LogP contribution is 2.43. The largest absolute Gasteiger partial charge is 0.308 e. The van der Waals surface area contributed by atoms with Crippen LogP contribution < -0.4 is 0 Å². The van der Waals surface area contributed by atoms with Gasteiger partial charge < -0.3 is 9.13 Å². The molecule has 0 aliphatic carbocycles. The van der Waals surface area contributed by atoms with E-state index in [0.29, 0.717) is 17.5 Å². The predicted molar refractivity (Wildman–Crippen MR) is 220 cm³/mol. The first-order valence-electron chi connectivity index (χ1n) is 17.0. The maximum atomic E-state index is 5.13. The Kier molecular flexibility index (Phi) is 7.37. The Bertz CT molecular complexity index is 2910. The lowest BCUT2D eigenvalue weighted by molar-refractivity contribution is 1.06. The van der Waals surface area contributed by atoms with Gasteiger partial charge in [0.15, 0.2) is 17.5 Å². The molecule has 10 rings (SSSR count). The van der Waals surface area contributed by atoms with Crippen LogP contribution >= 0.6 is 31.9 Å². The summed E-state index contributed by atoms with van der Waals surface area (Å²) in [5.41, 5.74) is 9.37. The molecule has 10 aromatic rings. The van der Waals surface area contributed by atoms with Crippen molar-refractivity contribution in [2.75, 3.05) is 0 Å². The first kappa shape index (κ1) is 30.9. The van der Waals surface area contributed by atoms with Crippen LogP contribution in [0.15, 0.2) is 173 Å². The van der Waals surface area contributed by atoms with Crippen LogP contribution in [0, 0.1) is 0 Å². The highest BCUT2D eigenvalue weighted by Gasteiger charge is 2.23. The zero-order valence-corrected chi connectivity index (χ0v) is 30.8. The van der Waals surface area contributed by atoms with Crippen molar-refractivity contribution in [2.45, 2.75) is 0 Å². The van der Waals surface area contributed by atoms with Crippen LogP contribution in [0.4, 0.5) is 0 Å². The summed E-state index contributed by atoms with van der Waals surface area (Å²) in [7, 11) is 0. The van der Waals surface area contributed by atoms with Crippen molar-refractivity contribution in [3.63, 3.8) is 0 Å². The lowest BCUT2D eigenvalue weighted by atomic mass is 10.1. The summed E-state index contributed by atoms with van der Waals surface area (Å²) in [6.07, 6.45) is 0. The topological polar surface area (TPSA) is 48.5 Å². The highest BCUT2D eigenvalue weighted by molar-refractivity contribution is 9.11. The molecule has 0 amide bonds. The molecule has 7 aromatic carbocycles. The van der Waals surface area contributed by atoms with Gasteiger partial charge in [0.05, 0.1) is 27.8 Å². The number of para-hydroxylation sites is 3. The molecular formula is C45H27Br2N5. The van der Waals surface area contributed by atoms with Crippen molar-refractivity contribution in [3.05, 3.63) is 173 Å². The minimum atomic E-state index is 0.614. The summed E-state index contributed by atoms with van der Waals surface area (Å²) in [6, 6.07) is 57.0. The summed E-state index contributed by atoms with van der Waals surface area (Å²) in [6.45, 7) is 0. The van der Waals surface area contributed by atoms with Crippen LogP contribution in [-0.2, 0) is 0 Å². The monoisotopic (exact) mass is 795 g/mol. The summed E-state index contributed by atoms with van der Waals surface area (Å²) in [5, 5.41) is 4.76. The van der Waals surface area contributed by atoms with Gasteiger partial charge in [0.1, 0.15) is 0 Å². The van der Waals surface area contributed by atoms with Crippen LogP contribution in [0.5, 0.6) is 0 Å². The molecule has 0 N–H and O–H groups in total. The van der Waals surface area contributed by atoms with Gasteiger partial charge in [-0.2, -0.15) is 0 Å². The molecule has 52 heavy (non-hydrogen) atoms. The van der Waals surface area contributed by atoms with Gasteiger partial charge in [0, 0.05) is 52.9 Å². The second-order valence-corrected chi connectivity index (χ2v) is 14.6. The molecule has 3 heterocycles. The van der Waals surface area contributed by atoms with E-state index in [0.717, 1.165) is 59.1 Å². The predicted octanol–water partition coefficient (Wildman–Crippen LogP) is 12.6. The first-order chi connectivity index (χ1) is 25.6. The fourth-order valence-corrected chi connectivity index (χ4v) is 8.76. The maximum absolute atomic E-state index is 5.13. The Morgan fingerprint density at radius 3 is 1.62 bits per heavy atom. The normalized spacial score (nSPS) is 11.7. The molecular weight excluding hydrogens is 770 g/mol. The second kappa shape index (κ2) is 12.4. The first-order valence-corrected chi connectivity index (χ1v) is 18.6. The van der Waals surface area contributed by atoms with E-state index in [1.807, 2.05) is 60.7 Å². The fourth-order valence-electron chi connectivity index (χ4n) is 7.49. The molecule has 0 aliphatic heterocycles. The number of benzene rings is 7. The lowest BCUT2D eigenvalue weighted by Crippen LogP contribution is -2.03. The zero-order chi connectivity index (χ0) is 34.8. The summed E-state index contributed by atoms with van der Waals surface area (Å²) < 4.78 is 6.78. The SMILES string of the molecule is Brc1cc(Br)cc(-n2c3ccccc3c3ccc4c(c5ccccc5n4-c4ccccc4-c4nc(-c5ccccc5)nc(-c5ccccc5)n4)c32)c1. The van der Waals surface area contributed by atoms with Gasteiger partial charge in [-0.1, -0.05) is 147 Å². The second-order valence-electron chi connectivity index (χ2n) is 12.7. The molecule has 0 spiro atoms. The number of nitrogens with zero attached hydrogens (tertiary/aromatic N) is 5. The molecule has 0 aliphatic rings. The molecule has 0 unspecified atom stereocenters. The average Bonchev–Trinajstić information content (AvgIpc) is 3.71. The minimum Gasteiger partial charge on any atom is -0.308 e. The van der Waals surface area contributed by atoms with E-state index in [4.69, 9.17) is 15.0 Å².